The van der Waals surface area contributed by atoms with Crippen LogP contribution in [0.1, 0.15) is 12.5 Å². The van der Waals surface area contributed by atoms with Gasteiger partial charge in [-0.15, -0.1) is 0 Å². The number of nitrogens with zero attached hydrogens (tertiary/aromatic N) is 4. The highest BCUT2D eigenvalue weighted by Crippen LogP contribution is 2.34. The van der Waals surface area contributed by atoms with Crippen LogP contribution in [0.4, 0.5) is 36.7 Å². The maximum Gasteiger partial charge on any atom is 0.330 e. The Bertz CT molecular complexity index is 1140. The van der Waals surface area contributed by atoms with E-state index < -0.39 is 17.9 Å². The lowest BCUT2D eigenvalue weighted by molar-refractivity contribution is 0.234. The standard InChI is InChI=1S/C22H21F2N5O3/c1-13(12-30)29-20-14(10-25-21(27-20)26-16-5-3-15(23)4-6-16)11-28(22(29)31)19-8-7-17(32-2)9-18(19)24/h3-10,13,30H,11-12H2,1-2H3,(H,25,26,27)/t13-/m0/s1. The highest BCUT2D eigenvalue weighted by molar-refractivity contribution is 6.06. The molecule has 1 aliphatic heterocycles. The molecule has 2 N–H and O–H groups in total. The van der Waals surface area contributed by atoms with Crippen LogP contribution in [-0.2, 0) is 6.54 Å². The van der Waals surface area contributed by atoms with Crippen LogP contribution in [0.2, 0.25) is 0 Å². The number of hydrogen-bond acceptors (Lipinski definition) is 6. The average Bonchev–Trinajstić information content (AvgIpc) is 2.80. The number of benzene rings is 2. The number of hydrogen-bond donors (Lipinski definition) is 2. The third kappa shape index (κ3) is 4.04. The number of aromatic nitrogens is 2. The van der Waals surface area contributed by atoms with Gasteiger partial charge in [0.05, 0.1) is 32.0 Å². The van der Waals surface area contributed by atoms with E-state index in [1.807, 2.05) is 0 Å². The highest BCUT2D eigenvalue weighted by atomic mass is 19.1. The molecule has 0 saturated heterocycles. The van der Waals surface area contributed by atoms with Gasteiger partial charge in [-0.05, 0) is 43.3 Å². The van der Waals surface area contributed by atoms with Crippen LogP contribution >= 0.6 is 0 Å². The van der Waals surface area contributed by atoms with E-state index in [0.29, 0.717) is 22.8 Å². The van der Waals surface area contributed by atoms with Gasteiger partial charge in [0.15, 0.2) is 5.82 Å². The number of fused-ring (bicyclic) bond motifs is 1. The van der Waals surface area contributed by atoms with Crippen LogP contribution in [0, 0.1) is 11.6 Å². The minimum absolute atomic E-state index is 0.0445. The third-order valence-corrected chi connectivity index (χ3v) is 5.09. The molecule has 32 heavy (non-hydrogen) atoms. The number of nitrogens with one attached hydrogen (secondary N) is 1. The van der Waals surface area contributed by atoms with Crippen molar-refractivity contribution in [2.75, 3.05) is 28.8 Å². The number of anilines is 4. The second kappa shape index (κ2) is 8.75. The maximum atomic E-state index is 14.7. The largest absolute Gasteiger partial charge is 0.497 e. The molecular formula is C22H21F2N5O3. The monoisotopic (exact) mass is 441 g/mol. The first-order valence-electron chi connectivity index (χ1n) is 9.85. The maximum absolute atomic E-state index is 14.7. The molecule has 3 aromatic rings. The quantitative estimate of drug-likeness (QED) is 0.604. The number of urea groups is 1. The number of halogens is 2. The van der Waals surface area contributed by atoms with Gasteiger partial charge in [0, 0.05) is 23.5 Å². The van der Waals surface area contributed by atoms with E-state index in [-0.39, 0.29) is 30.6 Å². The van der Waals surface area contributed by atoms with E-state index in [4.69, 9.17) is 4.74 Å². The molecule has 0 saturated carbocycles. The van der Waals surface area contributed by atoms with Crippen molar-refractivity contribution in [3.8, 4) is 5.75 Å². The summed E-state index contributed by atoms with van der Waals surface area (Å²) in [7, 11) is 1.43. The predicted octanol–water partition coefficient (Wildman–Crippen LogP) is 3.83. The second-order valence-electron chi connectivity index (χ2n) is 7.26. The summed E-state index contributed by atoms with van der Waals surface area (Å²) in [5.74, 6) is -0.158. The molecule has 166 valence electrons. The van der Waals surface area contributed by atoms with Crippen molar-refractivity contribution in [3.05, 3.63) is 65.9 Å². The second-order valence-corrected chi connectivity index (χ2v) is 7.26. The lowest BCUT2D eigenvalue weighted by Crippen LogP contribution is -2.53. The molecule has 0 aliphatic carbocycles. The number of amides is 2. The third-order valence-electron chi connectivity index (χ3n) is 5.09. The van der Waals surface area contributed by atoms with Crippen LogP contribution in [0.25, 0.3) is 0 Å². The Morgan fingerprint density at radius 2 is 1.97 bits per heavy atom. The van der Waals surface area contributed by atoms with Crippen molar-refractivity contribution < 1.29 is 23.4 Å². The summed E-state index contributed by atoms with van der Waals surface area (Å²) in [6.45, 7) is 1.38. The summed E-state index contributed by atoms with van der Waals surface area (Å²) in [4.78, 5) is 24.6. The van der Waals surface area contributed by atoms with Gasteiger partial charge in [-0.1, -0.05) is 0 Å². The van der Waals surface area contributed by atoms with Crippen LogP contribution in [0.15, 0.2) is 48.7 Å². The molecule has 1 aromatic heterocycles. The molecular weight excluding hydrogens is 420 g/mol. The van der Waals surface area contributed by atoms with Crippen LogP contribution < -0.4 is 19.9 Å². The van der Waals surface area contributed by atoms with Crippen molar-refractivity contribution in [2.45, 2.75) is 19.5 Å². The van der Waals surface area contributed by atoms with Crippen LogP contribution in [0.5, 0.6) is 5.75 Å². The summed E-state index contributed by atoms with van der Waals surface area (Å²) < 4.78 is 32.9. The van der Waals surface area contributed by atoms with Crippen LogP contribution in [-0.4, -0.2) is 40.9 Å². The van der Waals surface area contributed by atoms with Gasteiger partial charge >= 0.3 is 6.03 Å². The zero-order valence-electron chi connectivity index (χ0n) is 17.4. The normalized spacial score (nSPS) is 14.2. The van der Waals surface area contributed by atoms with E-state index >= 15 is 0 Å². The zero-order chi connectivity index (χ0) is 22.8. The Morgan fingerprint density at radius 3 is 2.62 bits per heavy atom. The number of methoxy groups -OCH3 is 1. The fourth-order valence-corrected chi connectivity index (χ4v) is 3.40. The Balaban J connectivity index is 1.71. The molecule has 8 nitrogen and oxygen atoms in total. The van der Waals surface area contributed by atoms with Crippen LogP contribution in [0.3, 0.4) is 0 Å². The molecule has 0 radical (unpaired) electrons. The van der Waals surface area contributed by atoms with E-state index in [9.17, 15) is 18.7 Å². The first-order chi connectivity index (χ1) is 15.4. The number of ether oxygens (including phenoxy) is 1. The first kappa shape index (κ1) is 21.4. The van der Waals surface area contributed by atoms with E-state index in [1.54, 1.807) is 13.0 Å². The van der Waals surface area contributed by atoms with Crippen molar-refractivity contribution in [1.29, 1.82) is 0 Å². The summed E-state index contributed by atoms with van der Waals surface area (Å²) in [5, 5.41) is 12.7. The number of aliphatic hydroxyl groups is 1. The Labute approximate surface area is 183 Å². The smallest absolute Gasteiger partial charge is 0.330 e. The van der Waals surface area contributed by atoms with E-state index in [2.05, 4.69) is 15.3 Å². The van der Waals surface area contributed by atoms with E-state index in [0.717, 1.165) is 0 Å². The van der Waals surface area contributed by atoms with Gasteiger partial charge in [0.1, 0.15) is 17.4 Å². The molecule has 0 spiro atoms. The van der Waals surface area contributed by atoms with Gasteiger partial charge in [-0.25, -0.2) is 18.6 Å². The molecule has 1 aliphatic rings. The molecule has 10 heteroatoms. The van der Waals surface area contributed by atoms with Gasteiger partial charge < -0.3 is 15.2 Å². The summed E-state index contributed by atoms with van der Waals surface area (Å²) in [6.07, 6.45) is 1.53. The summed E-state index contributed by atoms with van der Waals surface area (Å²) in [6, 6.07) is 8.73. The van der Waals surface area contributed by atoms with Gasteiger partial charge in [-0.2, -0.15) is 4.98 Å². The number of carbonyl (C=O) groups excluding carboxylic acids is 1. The molecule has 2 aromatic carbocycles. The topological polar surface area (TPSA) is 90.8 Å². The minimum Gasteiger partial charge on any atom is -0.497 e. The molecule has 0 fully saturated rings. The van der Waals surface area contributed by atoms with Crippen molar-refractivity contribution in [1.82, 2.24) is 9.97 Å². The Morgan fingerprint density at radius 1 is 1.22 bits per heavy atom. The fraction of sp³-hybridized carbons (Fsp3) is 0.227. The number of aliphatic hydroxyl groups excluding tert-OH is 1. The van der Waals surface area contributed by atoms with E-state index in [1.165, 1.54) is 59.5 Å². The summed E-state index contributed by atoms with van der Waals surface area (Å²) >= 11 is 0. The zero-order valence-corrected chi connectivity index (χ0v) is 17.4. The van der Waals surface area contributed by atoms with Crippen molar-refractivity contribution in [3.63, 3.8) is 0 Å². The first-order valence-corrected chi connectivity index (χ1v) is 9.85. The molecule has 4 rings (SSSR count). The van der Waals surface area contributed by atoms with Gasteiger partial charge in [0.25, 0.3) is 0 Å². The Hall–Kier alpha value is -3.79. The average molecular weight is 441 g/mol. The molecule has 2 amide bonds. The number of carbonyl (C=O) groups is 1. The fourth-order valence-electron chi connectivity index (χ4n) is 3.40. The highest BCUT2D eigenvalue weighted by Gasteiger charge is 2.36. The lowest BCUT2D eigenvalue weighted by atomic mass is 10.1. The van der Waals surface area contributed by atoms with Gasteiger partial charge in [-0.3, -0.25) is 9.80 Å². The molecule has 0 unspecified atom stereocenters. The predicted molar refractivity (Wildman–Crippen MR) is 115 cm³/mol. The SMILES string of the molecule is COc1ccc(N2Cc3cnc(Nc4ccc(F)cc4)nc3N([C@@H](C)CO)C2=O)c(F)c1. The number of rotatable bonds is 6. The molecule has 2 heterocycles. The summed E-state index contributed by atoms with van der Waals surface area (Å²) in [5.41, 5.74) is 1.21. The minimum atomic E-state index is -0.626. The van der Waals surface area contributed by atoms with Gasteiger partial charge in [0.2, 0.25) is 5.95 Å². The lowest BCUT2D eigenvalue weighted by Gasteiger charge is -2.38. The molecule has 0 bridgehead atoms. The Kier molecular flexibility index (Phi) is 5.87. The van der Waals surface area contributed by atoms with Crippen molar-refractivity contribution in [2.24, 2.45) is 0 Å². The molecule has 1 atom stereocenters. The van der Waals surface area contributed by atoms with Crippen molar-refractivity contribution >= 4 is 29.2 Å².